The van der Waals surface area contributed by atoms with Gasteiger partial charge in [0.15, 0.2) is 0 Å². The molecule has 0 saturated heterocycles. The zero-order chi connectivity index (χ0) is 17.1. The number of nitro groups is 1. The van der Waals surface area contributed by atoms with Crippen LogP contribution in [0.3, 0.4) is 0 Å². The molecule has 8 heteroatoms. The molecule has 1 aromatic heterocycles. The molecule has 8 nitrogen and oxygen atoms in total. The van der Waals surface area contributed by atoms with E-state index in [4.69, 9.17) is 0 Å². The number of nitro benzene ring substituents is 1. The van der Waals surface area contributed by atoms with E-state index in [9.17, 15) is 14.9 Å². The third-order valence-corrected chi connectivity index (χ3v) is 3.40. The number of amides is 2. The van der Waals surface area contributed by atoms with Crippen molar-refractivity contribution in [2.45, 2.75) is 33.7 Å². The number of anilines is 2. The molecule has 1 aromatic carbocycles. The molecule has 0 spiro atoms. The SMILES string of the molecule is Cc1nn(C(C)C)c(C)c1NC(=O)Nc1ccccc1[N+](=O)[O-]. The molecule has 0 aliphatic heterocycles. The molecule has 0 saturated carbocycles. The van der Waals surface area contributed by atoms with Crippen molar-refractivity contribution >= 4 is 23.1 Å². The average molecular weight is 317 g/mol. The Morgan fingerprint density at radius 2 is 1.91 bits per heavy atom. The lowest BCUT2D eigenvalue weighted by atomic mass is 10.2. The van der Waals surface area contributed by atoms with Crippen LogP contribution in [0.4, 0.5) is 21.9 Å². The summed E-state index contributed by atoms with van der Waals surface area (Å²) >= 11 is 0. The zero-order valence-electron chi connectivity index (χ0n) is 13.5. The van der Waals surface area contributed by atoms with E-state index in [1.807, 2.05) is 25.5 Å². The zero-order valence-corrected chi connectivity index (χ0v) is 13.5. The maximum Gasteiger partial charge on any atom is 0.323 e. The fraction of sp³-hybridized carbons (Fsp3) is 0.333. The molecule has 0 unspecified atom stereocenters. The largest absolute Gasteiger partial charge is 0.323 e. The van der Waals surface area contributed by atoms with Crippen LogP contribution in [0.2, 0.25) is 0 Å². The summed E-state index contributed by atoms with van der Waals surface area (Å²) in [6, 6.07) is 5.60. The lowest BCUT2D eigenvalue weighted by Gasteiger charge is -2.10. The van der Waals surface area contributed by atoms with Gasteiger partial charge in [-0.1, -0.05) is 12.1 Å². The van der Waals surface area contributed by atoms with Crippen molar-refractivity contribution in [2.75, 3.05) is 10.6 Å². The minimum Gasteiger partial charge on any atom is -0.304 e. The molecule has 122 valence electrons. The van der Waals surface area contributed by atoms with Crippen molar-refractivity contribution in [2.24, 2.45) is 0 Å². The molecule has 2 aromatic rings. The number of carbonyl (C=O) groups is 1. The number of benzene rings is 1. The maximum absolute atomic E-state index is 12.2. The highest BCUT2D eigenvalue weighted by atomic mass is 16.6. The normalized spacial score (nSPS) is 10.7. The van der Waals surface area contributed by atoms with Crippen molar-refractivity contribution in [3.8, 4) is 0 Å². The van der Waals surface area contributed by atoms with Crippen LogP contribution < -0.4 is 10.6 Å². The van der Waals surface area contributed by atoms with Crippen LogP contribution in [0.15, 0.2) is 24.3 Å². The van der Waals surface area contributed by atoms with Crippen molar-refractivity contribution < 1.29 is 9.72 Å². The summed E-state index contributed by atoms with van der Waals surface area (Å²) in [6.45, 7) is 7.65. The molecule has 1 heterocycles. The number of nitrogens with zero attached hydrogens (tertiary/aromatic N) is 3. The van der Waals surface area contributed by atoms with Gasteiger partial charge in [0.25, 0.3) is 5.69 Å². The van der Waals surface area contributed by atoms with Crippen LogP contribution in [-0.4, -0.2) is 20.7 Å². The molecule has 2 N–H and O–H groups in total. The molecule has 0 aliphatic rings. The lowest BCUT2D eigenvalue weighted by molar-refractivity contribution is -0.383. The molecule has 0 atom stereocenters. The third-order valence-electron chi connectivity index (χ3n) is 3.40. The minimum absolute atomic E-state index is 0.140. The van der Waals surface area contributed by atoms with Crippen LogP contribution in [0.1, 0.15) is 31.3 Å². The second kappa shape index (κ2) is 6.47. The Hall–Kier alpha value is -2.90. The fourth-order valence-corrected chi connectivity index (χ4v) is 2.35. The molecular weight excluding hydrogens is 298 g/mol. The van der Waals surface area contributed by atoms with E-state index in [1.165, 1.54) is 12.1 Å². The van der Waals surface area contributed by atoms with Gasteiger partial charge in [0.05, 0.1) is 22.0 Å². The molecule has 0 fully saturated rings. The summed E-state index contributed by atoms with van der Waals surface area (Å²) in [5.74, 6) is 0. The summed E-state index contributed by atoms with van der Waals surface area (Å²) in [5, 5.41) is 20.6. The number of hydrogen-bond donors (Lipinski definition) is 2. The number of hydrogen-bond acceptors (Lipinski definition) is 4. The number of rotatable bonds is 4. The highest BCUT2D eigenvalue weighted by Crippen LogP contribution is 2.25. The Balaban J connectivity index is 2.20. The monoisotopic (exact) mass is 317 g/mol. The molecule has 0 radical (unpaired) electrons. The van der Waals surface area contributed by atoms with Gasteiger partial charge in [-0.05, 0) is 33.8 Å². The van der Waals surface area contributed by atoms with Crippen LogP contribution >= 0.6 is 0 Å². The van der Waals surface area contributed by atoms with Crippen LogP contribution in [0, 0.1) is 24.0 Å². The standard InChI is InChI=1S/C15H19N5O3/c1-9(2)19-11(4)14(10(3)18-19)17-15(21)16-12-7-5-6-8-13(12)20(22)23/h5-9H,1-4H3,(H2,16,17,21). The number of carbonyl (C=O) groups excluding carboxylic acids is 1. The average Bonchev–Trinajstić information content (AvgIpc) is 2.76. The van der Waals surface area contributed by atoms with Gasteiger partial charge in [0, 0.05) is 12.1 Å². The van der Waals surface area contributed by atoms with E-state index in [0.29, 0.717) is 11.4 Å². The highest BCUT2D eigenvalue weighted by Gasteiger charge is 2.18. The Labute approximate surface area is 133 Å². The molecule has 2 amide bonds. The van der Waals surface area contributed by atoms with E-state index in [-0.39, 0.29) is 17.4 Å². The third kappa shape index (κ3) is 3.47. The van der Waals surface area contributed by atoms with E-state index < -0.39 is 11.0 Å². The van der Waals surface area contributed by atoms with E-state index >= 15 is 0 Å². The first-order valence-corrected chi connectivity index (χ1v) is 7.18. The van der Waals surface area contributed by atoms with Crippen molar-refractivity contribution in [1.29, 1.82) is 0 Å². The molecule has 23 heavy (non-hydrogen) atoms. The number of aromatic nitrogens is 2. The van der Waals surface area contributed by atoms with Gasteiger partial charge >= 0.3 is 6.03 Å². The number of aryl methyl sites for hydroxylation is 1. The van der Waals surface area contributed by atoms with Crippen LogP contribution in [0.5, 0.6) is 0 Å². The Bertz CT molecular complexity index is 752. The van der Waals surface area contributed by atoms with Gasteiger partial charge < -0.3 is 10.6 Å². The number of urea groups is 1. The first-order valence-electron chi connectivity index (χ1n) is 7.18. The Morgan fingerprint density at radius 1 is 1.26 bits per heavy atom. The second-order valence-electron chi connectivity index (χ2n) is 5.44. The van der Waals surface area contributed by atoms with Gasteiger partial charge in [-0.25, -0.2) is 4.79 Å². The fourth-order valence-electron chi connectivity index (χ4n) is 2.35. The summed E-state index contributed by atoms with van der Waals surface area (Å²) in [5.41, 5.74) is 2.11. The predicted molar refractivity (Wildman–Crippen MR) is 87.8 cm³/mol. The van der Waals surface area contributed by atoms with Gasteiger partial charge in [0.1, 0.15) is 5.69 Å². The molecule has 2 rings (SSSR count). The van der Waals surface area contributed by atoms with Crippen molar-refractivity contribution in [3.05, 3.63) is 45.8 Å². The van der Waals surface area contributed by atoms with Gasteiger partial charge in [-0.2, -0.15) is 5.10 Å². The first kappa shape index (κ1) is 16.5. The van der Waals surface area contributed by atoms with E-state index in [1.54, 1.807) is 19.1 Å². The quantitative estimate of drug-likeness (QED) is 0.664. The predicted octanol–water partition coefficient (Wildman–Crippen LogP) is 3.63. The van der Waals surface area contributed by atoms with Gasteiger partial charge in [-0.3, -0.25) is 14.8 Å². The van der Waals surface area contributed by atoms with Crippen molar-refractivity contribution in [3.63, 3.8) is 0 Å². The van der Waals surface area contributed by atoms with Gasteiger partial charge in [0.2, 0.25) is 0 Å². The minimum atomic E-state index is -0.547. The summed E-state index contributed by atoms with van der Waals surface area (Å²) < 4.78 is 1.82. The first-order chi connectivity index (χ1) is 10.8. The summed E-state index contributed by atoms with van der Waals surface area (Å²) in [7, 11) is 0. The Morgan fingerprint density at radius 3 is 2.48 bits per heavy atom. The number of nitrogens with one attached hydrogen (secondary N) is 2. The van der Waals surface area contributed by atoms with Crippen molar-refractivity contribution in [1.82, 2.24) is 9.78 Å². The van der Waals surface area contributed by atoms with E-state index in [2.05, 4.69) is 15.7 Å². The van der Waals surface area contributed by atoms with E-state index in [0.717, 1.165) is 5.69 Å². The maximum atomic E-state index is 12.2. The Kier molecular flexibility index (Phi) is 4.63. The summed E-state index contributed by atoms with van der Waals surface area (Å²) in [4.78, 5) is 22.6. The smallest absolute Gasteiger partial charge is 0.304 e. The van der Waals surface area contributed by atoms with Crippen LogP contribution in [-0.2, 0) is 0 Å². The second-order valence-corrected chi connectivity index (χ2v) is 5.44. The number of para-hydroxylation sites is 2. The topological polar surface area (TPSA) is 102 Å². The molecular formula is C15H19N5O3. The molecule has 0 bridgehead atoms. The van der Waals surface area contributed by atoms with Crippen LogP contribution in [0.25, 0.3) is 0 Å². The summed E-state index contributed by atoms with van der Waals surface area (Å²) in [6.07, 6.45) is 0. The molecule has 0 aliphatic carbocycles. The van der Waals surface area contributed by atoms with Gasteiger partial charge in [-0.15, -0.1) is 0 Å². The highest BCUT2D eigenvalue weighted by molar-refractivity contribution is 6.01. The lowest BCUT2D eigenvalue weighted by Crippen LogP contribution is -2.21.